The van der Waals surface area contributed by atoms with Gasteiger partial charge in [0.2, 0.25) is 0 Å². The van der Waals surface area contributed by atoms with E-state index in [-0.39, 0.29) is 0 Å². The molecule has 1 atom stereocenters. The number of nitrogens with zero attached hydrogens (tertiary/aromatic N) is 7. The van der Waals surface area contributed by atoms with Crippen molar-refractivity contribution in [3.8, 4) is 28.3 Å². The van der Waals surface area contributed by atoms with E-state index in [9.17, 15) is 4.39 Å². The average molecular weight is 513 g/mol. The van der Waals surface area contributed by atoms with Crippen molar-refractivity contribution in [1.82, 2.24) is 34.0 Å². The fraction of sp³-hybridized carbons (Fsp3) is 0.286. The molecular weight excluding hydrogens is 483 g/mol. The summed E-state index contributed by atoms with van der Waals surface area (Å²) in [6, 6.07) is 14.1. The number of anilines is 1. The van der Waals surface area contributed by atoms with E-state index in [4.69, 9.17) is 4.74 Å². The van der Waals surface area contributed by atoms with E-state index in [0.29, 0.717) is 26.1 Å². The van der Waals surface area contributed by atoms with E-state index in [1.807, 2.05) is 48.2 Å². The monoisotopic (exact) mass is 512 g/mol. The van der Waals surface area contributed by atoms with E-state index in [0.717, 1.165) is 58.4 Å². The van der Waals surface area contributed by atoms with Crippen LogP contribution in [0.3, 0.4) is 0 Å². The number of hydrogen-bond donors (Lipinski definition) is 1. The smallest absolute Gasteiger partial charge is 0.140 e. The predicted octanol–water partition coefficient (Wildman–Crippen LogP) is 4.23. The van der Waals surface area contributed by atoms with Crippen LogP contribution in [0.2, 0.25) is 0 Å². The lowest BCUT2D eigenvalue weighted by Crippen LogP contribution is -2.26. The molecule has 0 aliphatic carbocycles. The molecule has 1 aliphatic heterocycles. The van der Waals surface area contributed by atoms with Gasteiger partial charge in [-0.2, -0.15) is 5.10 Å². The Morgan fingerprint density at radius 1 is 1.05 bits per heavy atom. The van der Waals surface area contributed by atoms with Gasteiger partial charge in [0.25, 0.3) is 0 Å². The molecule has 6 rings (SSSR count). The minimum Gasteiger partial charge on any atom is -0.492 e. The second-order valence-electron chi connectivity index (χ2n) is 9.51. The fourth-order valence-electron chi connectivity index (χ4n) is 4.69. The van der Waals surface area contributed by atoms with Crippen LogP contribution in [0.25, 0.3) is 28.2 Å². The minimum atomic E-state index is -0.711. The lowest BCUT2D eigenvalue weighted by atomic mass is 10.1. The van der Waals surface area contributed by atoms with Crippen LogP contribution in [0, 0.1) is 0 Å². The summed E-state index contributed by atoms with van der Waals surface area (Å²) in [6.45, 7) is 3.17. The third kappa shape index (κ3) is 5.35. The van der Waals surface area contributed by atoms with Crippen molar-refractivity contribution >= 4 is 11.5 Å². The van der Waals surface area contributed by atoms with Crippen molar-refractivity contribution in [2.24, 2.45) is 7.05 Å². The van der Waals surface area contributed by atoms with Crippen molar-refractivity contribution in [3.05, 3.63) is 79.1 Å². The standard InChI is InChI=1S/C28H29FN8O/c1-35-17-22(15-34-35)21-4-2-20(3-5-21)14-30-27-13-25(32-19-33-27)26-16-31-28-12-24(7-9-37(26)28)38-11-10-36-8-6-23(29)18-36/h2-5,7,9,12-13,15-17,19,23H,6,8,10-11,14,18H2,1H3,(H,30,32,33). The van der Waals surface area contributed by atoms with Crippen molar-refractivity contribution in [2.75, 3.05) is 31.6 Å². The quantitative estimate of drug-likeness (QED) is 0.316. The zero-order chi connectivity index (χ0) is 25.9. The topological polar surface area (TPSA) is 85.4 Å². The highest BCUT2D eigenvalue weighted by atomic mass is 19.1. The highest BCUT2D eigenvalue weighted by Crippen LogP contribution is 2.24. The number of pyridine rings is 1. The summed E-state index contributed by atoms with van der Waals surface area (Å²) in [7, 11) is 1.91. The van der Waals surface area contributed by atoms with E-state index in [2.05, 4.69) is 54.5 Å². The molecule has 1 fully saturated rings. The average Bonchev–Trinajstić information content (AvgIpc) is 3.67. The number of nitrogens with one attached hydrogen (secondary N) is 1. The number of aromatic nitrogens is 6. The van der Waals surface area contributed by atoms with Gasteiger partial charge in [0.1, 0.15) is 36.3 Å². The van der Waals surface area contributed by atoms with Gasteiger partial charge in [0.05, 0.1) is 23.8 Å². The molecule has 0 radical (unpaired) electrons. The van der Waals surface area contributed by atoms with Gasteiger partial charge in [-0.25, -0.2) is 19.3 Å². The van der Waals surface area contributed by atoms with Gasteiger partial charge >= 0.3 is 0 Å². The highest BCUT2D eigenvalue weighted by molar-refractivity contribution is 5.64. The maximum atomic E-state index is 13.3. The van der Waals surface area contributed by atoms with Gasteiger partial charge in [-0.05, 0) is 23.6 Å². The normalized spacial score (nSPS) is 15.8. The molecule has 9 nitrogen and oxygen atoms in total. The lowest BCUT2D eigenvalue weighted by molar-refractivity contribution is 0.224. The molecule has 0 saturated carbocycles. The first-order valence-electron chi connectivity index (χ1n) is 12.7. The Hall–Kier alpha value is -4.31. The first-order valence-corrected chi connectivity index (χ1v) is 12.7. The van der Waals surface area contributed by atoms with Gasteiger partial charge < -0.3 is 10.1 Å². The molecule has 1 aromatic carbocycles. The molecule has 0 amide bonds. The summed E-state index contributed by atoms with van der Waals surface area (Å²) in [5.74, 6) is 1.48. The minimum absolute atomic E-state index is 0.500. The number of likely N-dealkylation sites (tertiary alicyclic amines) is 1. The summed E-state index contributed by atoms with van der Waals surface area (Å²) >= 11 is 0. The number of benzene rings is 1. The molecular formula is C28H29FN8O. The van der Waals surface area contributed by atoms with Crippen LogP contribution in [0.5, 0.6) is 5.75 Å². The summed E-state index contributed by atoms with van der Waals surface area (Å²) in [4.78, 5) is 15.5. The van der Waals surface area contributed by atoms with E-state index in [1.165, 1.54) is 0 Å². The number of halogens is 1. The number of hydrogen-bond acceptors (Lipinski definition) is 7. The number of ether oxygens (including phenoxy) is 1. The van der Waals surface area contributed by atoms with Gasteiger partial charge in [-0.15, -0.1) is 0 Å². The SMILES string of the molecule is Cn1cc(-c2ccc(CNc3cc(-c4cnc5cc(OCCN6CCC(F)C6)ccn45)ncn3)cc2)cn1. The Labute approximate surface area is 219 Å². The Balaban J connectivity index is 1.09. The number of alkyl halides is 1. The zero-order valence-corrected chi connectivity index (χ0v) is 21.2. The summed E-state index contributed by atoms with van der Waals surface area (Å²) in [5.41, 5.74) is 5.78. The predicted molar refractivity (Wildman–Crippen MR) is 144 cm³/mol. The van der Waals surface area contributed by atoms with Crippen molar-refractivity contribution in [3.63, 3.8) is 0 Å². The second kappa shape index (κ2) is 10.6. The number of fused-ring (bicyclic) bond motifs is 1. The lowest BCUT2D eigenvalue weighted by Gasteiger charge is -2.15. The van der Waals surface area contributed by atoms with E-state index in [1.54, 1.807) is 17.2 Å². The first kappa shape index (κ1) is 24.1. The molecule has 10 heteroatoms. The van der Waals surface area contributed by atoms with Crippen molar-refractivity contribution in [2.45, 2.75) is 19.1 Å². The molecule has 1 N–H and O–H groups in total. The molecule has 194 valence electrons. The Morgan fingerprint density at radius 2 is 1.95 bits per heavy atom. The maximum Gasteiger partial charge on any atom is 0.140 e. The summed E-state index contributed by atoms with van der Waals surface area (Å²) in [5, 5.41) is 7.62. The Kier molecular flexibility index (Phi) is 6.70. The van der Waals surface area contributed by atoms with Crippen LogP contribution in [-0.2, 0) is 13.6 Å². The first-order chi connectivity index (χ1) is 18.6. The van der Waals surface area contributed by atoms with Crippen LogP contribution in [0.1, 0.15) is 12.0 Å². The number of imidazole rings is 1. The summed E-state index contributed by atoms with van der Waals surface area (Å²) in [6.07, 6.45) is 9.05. The largest absolute Gasteiger partial charge is 0.492 e. The van der Waals surface area contributed by atoms with Crippen molar-refractivity contribution in [1.29, 1.82) is 0 Å². The Morgan fingerprint density at radius 3 is 2.74 bits per heavy atom. The molecule has 4 aromatic heterocycles. The van der Waals surface area contributed by atoms with Gasteiger partial charge in [0.15, 0.2) is 0 Å². The van der Waals surface area contributed by atoms with E-state index >= 15 is 0 Å². The van der Waals surface area contributed by atoms with Crippen LogP contribution in [0.4, 0.5) is 10.2 Å². The Bertz CT molecular complexity index is 1530. The molecule has 0 spiro atoms. The molecule has 5 heterocycles. The van der Waals surface area contributed by atoms with Crippen LogP contribution in [0.15, 0.2) is 73.6 Å². The molecule has 1 unspecified atom stereocenters. The van der Waals surface area contributed by atoms with Crippen LogP contribution in [-0.4, -0.2) is 66.4 Å². The van der Waals surface area contributed by atoms with Crippen LogP contribution < -0.4 is 10.1 Å². The molecule has 1 aliphatic rings. The van der Waals surface area contributed by atoms with Gasteiger partial charge in [0, 0.05) is 63.3 Å². The third-order valence-corrected chi connectivity index (χ3v) is 6.77. The zero-order valence-electron chi connectivity index (χ0n) is 21.2. The molecule has 1 saturated heterocycles. The maximum absolute atomic E-state index is 13.3. The number of rotatable bonds is 9. The molecule has 38 heavy (non-hydrogen) atoms. The van der Waals surface area contributed by atoms with Crippen molar-refractivity contribution < 1.29 is 9.13 Å². The van der Waals surface area contributed by atoms with Gasteiger partial charge in [-0.1, -0.05) is 24.3 Å². The van der Waals surface area contributed by atoms with Gasteiger partial charge in [-0.3, -0.25) is 14.0 Å². The van der Waals surface area contributed by atoms with E-state index < -0.39 is 6.17 Å². The number of aryl methyl sites for hydroxylation is 1. The van der Waals surface area contributed by atoms with Crippen LogP contribution >= 0.6 is 0 Å². The third-order valence-electron chi connectivity index (χ3n) is 6.77. The molecule has 5 aromatic rings. The summed E-state index contributed by atoms with van der Waals surface area (Å²) < 4.78 is 23.0. The second-order valence-corrected chi connectivity index (χ2v) is 9.51. The fourth-order valence-corrected chi connectivity index (χ4v) is 4.69. The highest BCUT2D eigenvalue weighted by Gasteiger charge is 2.21. The molecule has 0 bridgehead atoms.